The molecule has 4 heteroatoms. The molecule has 1 atom stereocenters. The topological polar surface area (TPSA) is 43.8 Å². The average molecular weight is 247 g/mol. The highest BCUT2D eigenvalue weighted by molar-refractivity contribution is 5.43. The van der Waals surface area contributed by atoms with Crippen LogP contribution in [-0.2, 0) is 12.8 Å². The molecule has 2 rings (SSSR count). The molecule has 0 aliphatic heterocycles. The second-order valence-electron chi connectivity index (χ2n) is 4.52. The van der Waals surface area contributed by atoms with Gasteiger partial charge in [-0.25, -0.2) is 9.37 Å². The molecule has 0 saturated heterocycles. The number of aromatic nitrogens is 2. The monoisotopic (exact) mass is 247 g/mol. The summed E-state index contributed by atoms with van der Waals surface area (Å²) in [5.74, 6) is 0.736. The quantitative estimate of drug-likeness (QED) is 0.902. The van der Waals surface area contributed by atoms with E-state index in [9.17, 15) is 4.39 Å². The molecule has 2 N–H and O–H groups in total. The molecule has 2 aromatic rings. The van der Waals surface area contributed by atoms with Crippen LogP contribution >= 0.6 is 0 Å². The summed E-state index contributed by atoms with van der Waals surface area (Å²) in [5, 5.41) is 0. The fraction of sp³-hybridized carbons (Fsp3) is 0.357. The highest BCUT2D eigenvalue weighted by Crippen LogP contribution is 2.19. The third kappa shape index (κ3) is 2.59. The first-order valence-corrected chi connectivity index (χ1v) is 6.18. The molecule has 1 unspecified atom stereocenters. The Morgan fingerprint density at radius 3 is 2.89 bits per heavy atom. The molecule has 18 heavy (non-hydrogen) atoms. The second-order valence-corrected chi connectivity index (χ2v) is 4.52. The zero-order chi connectivity index (χ0) is 13.1. The molecular formula is C14H18FN3. The number of nitrogens with two attached hydrogens (primary N) is 1. The Balaban J connectivity index is 2.49. The Bertz CT molecular complexity index is 532. The van der Waals surface area contributed by atoms with E-state index in [1.54, 1.807) is 18.3 Å². The molecule has 1 aromatic heterocycles. The second kappa shape index (κ2) is 5.31. The lowest BCUT2D eigenvalue weighted by atomic mass is 10.0. The normalized spacial score (nSPS) is 12.7. The molecule has 0 bridgehead atoms. The third-order valence-electron chi connectivity index (χ3n) is 2.88. The summed E-state index contributed by atoms with van der Waals surface area (Å²) in [6.45, 7) is 3.97. The Hall–Kier alpha value is -1.68. The van der Waals surface area contributed by atoms with Gasteiger partial charge in [0.15, 0.2) is 0 Å². The van der Waals surface area contributed by atoms with Crippen molar-refractivity contribution in [2.24, 2.45) is 5.73 Å². The number of imidazole rings is 1. The van der Waals surface area contributed by atoms with Gasteiger partial charge in [-0.2, -0.15) is 0 Å². The molecule has 0 fully saturated rings. The van der Waals surface area contributed by atoms with Gasteiger partial charge in [0.2, 0.25) is 0 Å². The van der Waals surface area contributed by atoms with Crippen molar-refractivity contribution in [2.75, 3.05) is 0 Å². The number of halogens is 1. The summed E-state index contributed by atoms with van der Waals surface area (Å²) >= 11 is 0. The third-order valence-corrected chi connectivity index (χ3v) is 2.88. The summed E-state index contributed by atoms with van der Waals surface area (Å²) in [5.41, 5.74) is 7.70. The van der Waals surface area contributed by atoms with Crippen molar-refractivity contribution in [3.63, 3.8) is 0 Å². The van der Waals surface area contributed by atoms with Gasteiger partial charge in [0.25, 0.3) is 0 Å². The first-order chi connectivity index (χ1) is 8.61. The fourth-order valence-corrected chi connectivity index (χ4v) is 2.11. The molecule has 1 aromatic carbocycles. The summed E-state index contributed by atoms with van der Waals surface area (Å²) in [6, 6.07) is 4.81. The number of rotatable bonds is 4. The van der Waals surface area contributed by atoms with Gasteiger partial charge < -0.3 is 10.3 Å². The fourth-order valence-electron chi connectivity index (χ4n) is 2.11. The zero-order valence-electron chi connectivity index (χ0n) is 10.7. The van der Waals surface area contributed by atoms with E-state index in [1.807, 2.05) is 24.6 Å². The number of aryl methyl sites for hydroxylation is 1. The van der Waals surface area contributed by atoms with E-state index in [4.69, 9.17) is 5.73 Å². The van der Waals surface area contributed by atoms with Gasteiger partial charge in [-0.3, -0.25) is 0 Å². The standard InChI is InChI=1S/C14H18FN3/c1-3-14-17-6-7-18(14)13-5-4-12(15)9-11(13)8-10(2)16/h4-7,9-10H,3,8,16H2,1-2H3. The van der Waals surface area contributed by atoms with Crippen molar-refractivity contribution in [1.82, 2.24) is 9.55 Å². The van der Waals surface area contributed by atoms with Crippen LogP contribution in [0.15, 0.2) is 30.6 Å². The minimum absolute atomic E-state index is 0.000789. The van der Waals surface area contributed by atoms with E-state index in [0.717, 1.165) is 23.5 Å². The van der Waals surface area contributed by atoms with Gasteiger partial charge in [-0.1, -0.05) is 6.92 Å². The molecule has 0 aliphatic rings. The molecule has 0 spiro atoms. The Labute approximate surface area is 106 Å². The smallest absolute Gasteiger partial charge is 0.123 e. The van der Waals surface area contributed by atoms with E-state index < -0.39 is 0 Å². The molecule has 0 radical (unpaired) electrons. The van der Waals surface area contributed by atoms with Crippen LogP contribution in [0.2, 0.25) is 0 Å². The van der Waals surface area contributed by atoms with Crippen LogP contribution in [0.25, 0.3) is 5.69 Å². The van der Waals surface area contributed by atoms with Crippen molar-refractivity contribution in [3.8, 4) is 5.69 Å². The maximum Gasteiger partial charge on any atom is 0.123 e. The van der Waals surface area contributed by atoms with Crippen molar-refractivity contribution >= 4 is 0 Å². The largest absolute Gasteiger partial charge is 0.328 e. The number of hydrogen-bond donors (Lipinski definition) is 1. The maximum atomic E-state index is 13.4. The molecule has 0 saturated carbocycles. The lowest BCUT2D eigenvalue weighted by Gasteiger charge is -2.14. The van der Waals surface area contributed by atoms with Gasteiger partial charge in [-0.05, 0) is 37.1 Å². The van der Waals surface area contributed by atoms with E-state index in [-0.39, 0.29) is 11.9 Å². The summed E-state index contributed by atoms with van der Waals surface area (Å²) < 4.78 is 15.4. The van der Waals surface area contributed by atoms with E-state index in [1.165, 1.54) is 6.07 Å². The molecular weight excluding hydrogens is 229 g/mol. The molecule has 0 amide bonds. The van der Waals surface area contributed by atoms with Gasteiger partial charge in [0.1, 0.15) is 11.6 Å². The average Bonchev–Trinajstić information content (AvgIpc) is 2.76. The van der Waals surface area contributed by atoms with Crippen LogP contribution in [0.4, 0.5) is 4.39 Å². The van der Waals surface area contributed by atoms with E-state index >= 15 is 0 Å². The van der Waals surface area contributed by atoms with Gasteiger partial charge in [0.05, 0.1) is 5.69 Å². The van der Waals surface area contributed by atoms with Crippen LogP contribution in [0.3, 0.4) is 0 Å². The highest BCUT2D eigenvalue weighted by Gasteiger charge is 2.10. The minimum atomic E-state index is -0.229. The van der Waals surface area contributed by atoms with E-state index in [2.05, 4.69) is 4.98 Å². The predicted octanol–water partition coefficient (Wildman–Crippen LogP) is 2.46. The van der Waals surface area contributed by atoms with Crippen LogP contribution in [0.1, 0.15) is 25.2 Å². The molecule has 96 valence electrons. The first kappa shape index (κ1) is 12.8. The van der Waals surface area contributed by atoms with Crippen LogP contribution in [0.5, 0.6) is 0 Å². The maximum absolute atomic E-state index is 13.4. The number of benzene rings is 1. The summed E-state index contributed by atoms with van der Waals surface area (Å²) in [4.78, 5) is 4.29. The SMILES string of the molecule is CCc1nccn1-c1ccc(F)cc1CC(C)N. The molecule has 3 nitrogen and oxygen atoms in total. The summed E-state index contributed by atoms with van der Waals surface area (Å²) in [6.07, 6.45) is 5.14. The van der Waals surface area contributed by atoms with Crippen LogP contribution in [0, 0.1) is 5.82 Å². The van der Waals surface area contributed by atoms with Crippen molar-refractivity contribution < 1.29 is 4.39 Å². The summed E-state index contributed by atoms with van der Waals surface area (Å²) in [7, 11) is 0. The molecule has 1 heterocycles. The van der Waals surface area contributed by atoms with Crippen molar-refractivity contribution in [1.29, 1.82) is 0 Å². The van der Waals surface area contributed by atoms with Crippen LogP contribution < -0.4 is 5.73 Å². The van der Waals surface area contributed by atoms with Gasteiger partial charge >= 0.3 is 0 Å². The zero-order valence-corrected chi connectivity index (χ0v) is 10.7. The Kier molecular flexibility index (Phi) is 3.77. The molecule has 0 aliphatic carbocycles. The minimum Gasteiger partial charge on any atom is -0.328 e. The van der Waals surface area contributed by atoms with Gasteiger partial charge in [0, 0.05) is 24.9 Å². The first-order valence-electron chi connectivity index (χ1n) is 6.18. The Morgan fingerprint density at radius 2 is 2.22 bits per heavy atom. The Morgan fingerprint density at radius 1 is 1.44 bits per heavy atom. The lowest BCUT2D eigenvalue weighted by Crippen LogP contribution is -2.19. The van der Waals surface area contributed by atoms with E-state index in [0.29, 0.717) is 6.42 Å². The van der Waals surface area contributed by atoms with Crippen LogP contribution in [-0.4, -0.2) is 15.6 Å². The number of hydrogen-bond acceptors (Lipinski definition) is 2. The highest BCUT2D eigenvalue weighted by atomic mass is 19.1. The predicted molar refractivity (Wildman–Crippen MR) is 70.3 cm³/mol. The number of nitrogens with zero attached hydrogens (tertiary/aromatic N) is 2. The lowest BCUT2D eigenvalue weighted by molar-refractivity contribution is 0.621. The van der Waals surface area contributed by atoms with Crippen molar-refractivity contribution in [2.45, 2.75) is 32.7 Å². The van der Waals surface area contributed by atoms with Gasteiger partial charge in [-0.15, -0.1) is 0 Å². The van der Waals surface area contributed by atoms with Crippen molar-refractivity contribution in [3.05, 3.63) is 47.8 Å².